The molecule has 2 N–H and O–H groups in total. The molecule has 2 atom stereocenters. The molecule has 0 spiro atoms. The molecule has 1 rings (SSSR count). The van der Waals surface area contributed by atoms with Gasteiger partial charge in [-0.25, -0.2) is 0 Å². The average molecular weight is 299 g/mol. The molecule has 0 aliphatic carbocycles. The topological polar surface area (TPSA) is 60.8 Å². The van der Waals surface area contributed by atoms with Crippen LogP contribution in [0.15, 0.2) is 12.4 Å². The highest BCUT2D eigenvalue weighted by Crippen LogP contribution is 2.25. The zero-order valence-corrected chi connectivity index (χ0v) is 13.5. The summed E-state index contributed by atoms with van der Waals surface area (Å²) < 4.78 is 0.576. The molecule has 0 amide bonds. The summed E-state index contributed by atoms with van der Waals surface area (Å²) in [4.78, 5) is 13.1. The Labute approximate surface area is 128 Å². The van der Waals surface area contributed by atoms with E-state index in [0.717, 1.165) is 19.6 Å². The van der Waals surface area contributed by atoms with Crippen molar-refractivity contribution in [3.05, 3.63) is 12.4 Å². The molecule has 5 heteroatoms. The van der Waals surface area contributed by atoms with Gasteiger partial charge in [-0.15, -0.1) is 0 Å². The second-order valence-corrected chi connectivity index (χ2v) is 6.23. The van der Waals surface area contributed by atoms with E-state index in [1.165, 1.54) is 32.1 Å². The Hall–Kier alpha value is -1.07. The predicted octanol–water partition coefficient (Wildman–Crippen LogP) is 2.37. The van der Waals surface area contributed by atoms with Gasteiger partial charge in [0.25, 0.3) is 0 Å². The number of rotatable bonds is 11. The summed E-state index contributed by atoms with van der Waals surface area (Å²) in [5, 5.41) is 18.7. The van der Waals surface area contributed by atoms with Gasteiger partial charge in [-0.05, 0) is 12.8 Å². The highest BCUT2D eigenvalue weighted by Gasteiger charge is 2.39. The highest BCUT2D eigenvalue weighted by molar-refractivity contribution is 5.67. The smallest absolute Gasteiger partial charge is 0.309 e. The molecular weight excluding hydrogens is 268 g/mol. The van der Waals surface area contributed by atoms with E-state index in [9.17, 15) is 9.90 Å². The van der Waals surface area contributed by atoms with Crippen LogP contribution in [0.25, 0.3) is 0 Å². The molecule has 1 aliphatic rings. The maximum Gasteiger partial charge on any atom is 0.309 e. The molecule has 1 heterocycles. The van der Waals surface area contributed by atoms with Crippen molar-refractivity contribution in [3.8, 4) is 0 Å². The molecule has 0 saturated carbocycles. The third-order valence-corrected chi connectivity index (χ3v) is 4.38. The minimum Gasteiger partial charge on any atom is -0.481 e. The lowest BCUT2D eigenvalue weighted by molar-refractivity contribution is -0.906. The molecule has 0 bridgehead atoms. The molecule has 0 saturated heterocycles. The summed E-state index contributed by atoms with van der Waals surface area (Å²) >= 11 is 0. The average Bonchev–Trinajstić information content (AvgIpc) is 2.82. The summed E-state index contributed by atoms with van der Waals surface area (Å²) in [5.74, 6) is -0.836. The maximum absolute atomic E-state index is 11.0. The van der Waals surface area contributed by atoms with Gasteiger partial charge >= 0.3 is 5.97 Å². The Morgan fingerprint density at radius 2 is 1.95 bits per heavy atom. The zero-order valence-electron chi connectivity index (χ0n) is 13.5. The molecule has 21 heavy (non-hydrogen) atoms. The van der Waals surface area contributed by atoms with Gasteiger partial charge < -0.3 is 15.1 Å². The van der Waals surface area contributed by atoms with E-state index in [4.69, 9.17) is 5.11 Å². The van der Waals surface area contributed by atoms with Crippen LogP contribution in [-0.2, 0) is 4.79 Å². The van der Waals surface area contributed by atoms with Crippen molar-refractivity contribution in [2.24, 2.45) is 0 Å². The van der Waals surface area contributed by atoms with Crippen LogP contribution >= 0.6 is 0 Å². The van der Waals surface area contributed by atoms with E-state index in [1.807, 2.05) is 13.2 Å². The van der Waals surface area contributed by atoms with Gasteiger partial charge in [0, 0.05) is 7.05 Å². The summed E-state index contributed by atoms with van der Waals surface area (Å²) in [6.45, 7) is 3.79. The minimum absolute atomic E-state index is 0.0184. The van der Waals surface area contributed by atoms with Gasteiger partial charge in [0.1, 0.15) is 18.7 Å². The lowest BCUT2D eigenvalue weighted by atomic mass is 10.1. The number of carboxylic acid groups (broad SMARTS) is 1. The normalized spacial score (nSPS) is 22.7. The fourth-order valence-electron chi connectivity index (χ4n) is 3.12. The minimum atomic E-state index is -0.836. The molecule has 0 aromatic rings. The molecule has 0 aromatic carbocycles. The number of nitrogens with zero attached hydrogens (tertiary/aromatic N) is 2. The van der Waals surface area contributed by atoms with Gasteiger partial charge in [-0.2, -0.15) is 0 Å². The highest BCUT2D eigenvalue weighted by atomic mass is 16.4. The Morgan fingerprint density at radius 1 is 1.29 bits per heavy atom. The zero-order chi connectivity index (χ0) is 15.7. The number of carboxylic acids is 1. The second-order valence-electron chi connectivity index (χ2n) is 6.23. The van der Waals surface area contributed by atoms with Crippen LogP contribution in [0.1, 0.15) is 51.9 Å². The van der Waals surface area contributed by atoms with Crippen molar-refractivity contribution < 1.29 is 19.5 Å². The van der Waals surface area contributed by atoms with Crippen molar-refractivity contribution in [1.29, 1.82) is 0 Å². The Balaban J connectivity index is 2.54. The van der Waals surface area contributed by atoms with Crippen molar-refractivity contribution in [3.63, 3.8) is 0 Å². The van der Waals surface area contributed by atoms with E-state index >= 15 is 0 Å². The van der Waals surface area contributed by atoms with E-state index in [1.54, 1.807) is 0 Å². The Kier molecular flexibility index (Phi) is 7.75. The monoisotopic (exact) mass is 299 g/mol. The van der Waals surface area contributed by atoms with Crippen LogP contribution in [0.4, 0.5) is 0 Å². The number of carbonyl (C=O) groups is 1. The number of aliphatic carboxylic acids is 1. The van der Waals surface area contributed by atoms with Crippen LogP contribution in [0.3, 0.4) is 0 Å². The number of quaternary nitrogens is 1. The quantitative estimate of drug-likeness (QED) is 0.454. The van der Waals surface area contributed by atoms with Crippen LogP contribution in [-0.4, -0.2) is 58.5 Å². The summed E-state index contributed by atoms with van der Waals surface area (Å²) in [7, 11) is 1.99. The molecule has 5 nitrogen and oxygen atoms in total. The van der Waals surface area contributed by atoms with Crippen LogP contribution in [0.2, 0.25) is 0 Å². The van der Waals surface area contributed by atoms with E-state index in [-0.39, 0.29) is 19.1 Å². The first-order chi connectivity index (χ1) is 10.0. The first-order valence-corrected chi connectivity index (χ1v) is 8.12. The molecular formula is C16H31N2O3+. The molecule has 0 aromatic heterocycles. The summed E-state index contributed by atoms with van der Waals surface area (Å²) in [6, 6.07) is -0.251. The van der Waals surface area contributed by atoms with Crippen molar-refractivity contribution in [1.82, 2.24) is 4.90 Å². The second kappa shape index (κ2) is 9.05. The van der Waals surface area contributed by atoms with Gasteiger partial charge in [0.2, 0.25) is 0 Å². The number of hydrogen-bond acceptors (Lipinski definition) is 3. The van der Waals surface area contributed by atoms with Gasteiger partial charge in [0.05, 0.1) is 19.4 Å². The third-order valence-electron chi connectivity index (χ3n) is 4.38. The van der Waals surface area contributed by atoms with Crippen LogP contribution in [0, 0.1) is 0 Å². The van der Waals surface area contributed by atoms with Crippen LogP contribution in [0.5, 0.6) is 0 Å². The third kappa shape index (κ3) is 5.67. The van der Waals surface area contributed by atoms with E-state index in [0.29, 0.717) is 4.48 Å². The number of aliphatic hydroxyl groups is 1. The first-order valence-electron chi connectivity index (χ1n) is 8.12. The number of unbranched alkanes of at least 4 members (excludes halogenated alkanes) is 5. The van der Waals surface area contributed by atoms with E-state index < -0.39 is 5.97 Å². The fraction of sp³-hybridized carbons (Fsp3) is 0.812. The van der Waals surface area contributed by atoms with Gasteiger partial charge in [0.15, 0.2) is 6.67 Å². The van der Waals surface area contributed by atoms with Gasteiger partial charge in [-0.3, -0.25) is 9.28 Å². The van der Waals surface area contributed by atoms with E-state index in [2.05, 4.69) is 18.0 Å². The van der Waals surface area contributed by atoms with Crippen LogP contribution < -0.4 is 0 Å². The lowest BCUT2D eigenvalue weighted by Gasteiger charge is -2.38. The number of aliphatic hydroxyl groups excluding tert-OH is 1. The fourth-order valence-corrected chi connectivity index (χ4v) is 3.12. The van der Waals surface area contributed by atoms with Crippen molar-refractivity contribution in [2.75, 3.05) is 26.9 Å². The predicted molar refractivity (Wildman–Crippen MR) is 83.4 cm³/mol. The molecule has 0 fully saturated rings. The molecule has 122 valence electrons. The Morgan fingerprint density at radius 3 is 2.48 bits per heavy atom. The lowest BCUT2D eigenvalue weighted by Crippen LogP contribution is -2.55. The Bertz CT molecular complexity index is 346. The molecule has 2 unspecified atom stereocenters. The molecule has 1 aliphatic heterocycles. The molecule has 0 radical (unpaired) electrons. The summed E-state index contributed by atoms with van der Waals surface area (Å²) in [6.07, 6.45) is 11.4. The van der Waals surface area contributed by atoms with Gasteiger partial charge in [-0.1, -0.05) is 32.6 Å². The van der Waals surface area contributed by atoms with Crippen molar-refractivity contribution in [2.45, 2.75) is 57.9 Å². The number of hydrogen-bond donors (Lipinski definition) is 2. The standard InChI is InChI=1S/C16H30N2O3/c1-3-4-5-6-7-8-10-18(11-9-17(2)14-18)15(13-19)12-16(20)21/h9,11,15,19H,3-8,10,12-14H2,1-2H3/p+1. The maximum atomic E-state index is 11.0. The SMILES string of the molecule is CCCCCCCC[N+]1(C(CO)CC(=O)O)C=CN(C)C1. The largest absolute Gasteiger partial charge is 0.481 e. The summed E-state index contributed by atoms with van der Waals surface area (Å²) in [5.41, 5.74) is 0. The van der Waals surface area contributed by atoms with Crippen molar-refractivity contribution >= 4 is 5.97 Å². The first kappa shape index (κ1) is 18.0.